The van der Waals surface area contributed by atoms with E-state index in [4.69, 9.17) is 4.42 Å². The number of anilines is 1. The minimum absolute atomic E-state index is 0.0684. The topological polar surface area (TPSA) is 75.4 Å². The summed E-state index contributed by atoms with van der Waals surface area (Å²) < 4.78 is 5.80. The fraction of sp³-hybridized carbons (Fsp3) is 0.208. The Morgan fingerprint density at radius 1 is 1.03 bits per heavy atom. The van der Waals surface area contributed by atoms with Gasteiger partial charge in [-0.05, 0) is 67.1 Å². The quantitative estimate of drug-likeness (QED) is 0.482. The zero-order valence-corrected chi connectivity index (χ0v) is 17.6. The molecule has 2 amide bonds. The molecule has 0 bridgehead atoms. The number of nitrogens with zero attached hydrogens (tertiary/aromatic N) is 2. The second-order valence-corrected chi connectivity index (χ2v) is 8.49. The molecule has 2 aromatic carbocycles. The van der Waals surface area contributed by atoms with E-state index >= 15 is 0 Å². The lowest BCUT2D eigenvalue weighted by Gasteiger charge is -2.34. The molecule has 1 fully saturated rings. The van der Waals surface area contributed by atoms with E-state index < -0.39 is 6.04 Å². The summed E-state index contributed by atoms with van der Waals surface area (Å²) in [6.45, 7) is 0.603. The maximum atomic E-state index is 13.0. The molecule has 0 aliphatic carbocycles. The molecule has 1 saturated heterocycles. The average Bonchev–Trinajstić information content (AvgIpc) is 3.49. The molecular weight excluding hydrogens is 410 g/mol. The Hall–Kier alpha value is -3.45. The van der Waals surface area contributed by atoms with Crippen LogP contribution in [0.1, 0.15) is 28.9 Å². The highest BCUT2D eigenvalue weighted by Gasteiger charge is 2.33. The van der Waals surface area contributed by atoms with Crippen LogP contribution in [-0.2, 0) is 4.79 Å². The number of para-hydroxylation sites is 2. The van der Waals surface area contributed by atoms with E-state index in [9.17, 15) is 9.59 Å². The lowest BCUT2D eigenvalue weighted by Crippen LogP contribution is -2.49. The van der Waals surface area contributed by atoms with Gasteiger partial charge in [-0.25, -0.2) is 4.98 Å². The van der Waals surface area contributed by atoms with Crippen molar-refractivity contribution in [3.8, 4) is 11.5 Å². The number of aromatic nitrogens is 1. The largest absolute Gasteiger partial charge is 0.436 e. The number of amides is 2. The first-order valence-electron chi connectivity index (χ1n) is 10.3. The first-order chi connectivity index (χ1) is 15.2. The van der Waals surface area contributed by atoms with Gasteiger partial charge in [0.15, 0.2) is 5.58 Å². The Morgan fingerprint density at radius 3 is 2.65 bits per heavy atom. The van der Waals surface area contributed by atoms with Gasteiger partial charge in [-0.2, -0.15) is 0 Å². The second-order valence-electron chi connectivity index (χ2n) is 7.54. The smallest absolute Gasteiger partial charge is 0.264 e. The van der Waals surface area contributed by atoms with Crippen molar-refractivity contribution in [2.24, 2.45) is 0 Å². The maximum Gasteiger partial charge on any atom is 0.264 e. The Morgan fingerprint density at radius 2 is 1.87 bits per heavy atom. The number of thiophene rings is 1. The predicted octanol–water partition coefficient (Wildman–Crippen LogP) is 5.19. The van der Waals surface area contributed by atoms with Crippen molar-refractivity contribution in [2.75, 3.05) is 11.9 Å². The van der Waals surface area contributed by atoms with Crippen LogP contribution < -0.4 is 5.32 Å². The third kappa shape index (κ3) is 3.96. The molecule has 5 rings (SSSR count). The van der Waals surface area contributed by atoms with Crippen LogP contribution in [-0.4, -0.2) is 34.3 Å². The van der Waals surface area contributed by atoms with Crippen molar-refractivity contribution in [1.29, 1.82) is 0 Å². The number of fused-ring (bicyclic) bond motifs is 1. The van der Waals surface area contributed by atoms with Gasteiger partial charge in [-0.1, -0.05) is 18.2 Å². The molecule has 1 atom stereocenters. The van der Waals surface area contributed by atoms with Crippen molar-refractivity contribution in [1.82, 2.24) is 9.88 Å². The number of carbonyl (C=O) groups is 2. The Balaban J connectivity index is 1.30. The number of oxazole rings is 1. The molecule has 7 heteroatoms. The zero-order chi connectivity index (χ0) is 21.2. The van der Waals surface area contributed by atoms with Gasteiger partial charge >= 0.3 is 0 Å². The zero-order valence-electron chi connectivity index (χ0n) is 16.8. The highest BCUT2D eigenvalue weighted by molar-refractivity contribution is 7.12. The number of benzene rings is 2. The molecule has 1 N–H and O–H groups in total. The molecular formula is C24H21N3O3S. The number of nitrogens with one attached hydrogen (secondary N) is 1. The number of rotatable bonds is 4. The SMILES string of the molecule is O=C(Nc1ccc(-c2nc3ccccc3o2)cc1)C1CCCCN1C(=O)c1cccs1. The van der Waals surface area contributed by atoms with Crippen molar-refractivity contribution in [3.63, 3.8) is 0 Å². The van der Waals surface area contributed by atoms with Gasteiger partial charge in [0.25, 0.3) is 5.91 Å². The Labute approximate surface area is 183 Å². The molecule has 3 heterocycles. The van der Waals surface area contributed by atoms with Crippen LogP contribution >= 0.6 is 11.3 Å². The summed E-state index contributed by atoms with van der Waals surface area (Å²) in [6.07, 6.45) is 2.52. The van der Waals surface area contributed by atoms with Crippen molar-refractivity contribution in [2.45, 2.75) is 25.3 Å². The van der Waals surface area contributed by atoms with Crippen molar-refractivity contribution < 1.29 is 14.0 Å². The molecule has 0 spiro atoms. The van der Waals surface area contributed by atoms with E-state index in [1.54, 1.807) is 11.0 Å². The van der Waals surface area contributed by atoms with Crippen LogP contribution in [0.2, 0.25) is 0 Å². The molecule has 1 aliphatic heterocycles. The first-order valence-corrected chi connectivity index (χ1v) is 11.2. The van der Waals surface area contributed by atoms with E-state index in [0.29, 0.717) is 29.4 Å². The fourth-order valence-corrected chi connectivity index (χ4v) is 4.59. The third-order valence-corrected chi connectivity index (χ3v) is 6.35. The second kappa shape index (κ2) is 8.35. The van der Waals surface area contributed by atoms with Crippen LogP contribution in [0.3, 0.4) is 0 Å². The van der Waals surface area contributed by atoms with E-state index in [-0.39, 0.29) is 11.8 Å². The molecule has 0 radical (unpaired) electrons. The summed E-state index contributed by atoms with van der Waals surface area (Å²) in [4.78, 5) is 32.7. The van der Waals surface area contributed by atoms with Gasteiger partial charge in [-0.15, -0.1) is 11.3 Å². The maximum absolute atomic E-state index is 13.0. The number of carbonyl (C=O) groups excluding carboxylic acids is 2. The van der Waals surface area contributed by atoms with Crippen LogP contribution in [0, 0.1) is 0 Å². The molecule has 1 unspecified atom stereocenters. The average molecular weight is 432 g/mol. The molecule has 2 aromatic heterocycles. The third-order valence-electron chi connectivity index (χ3n) is 5.49. The van der Waals surface area contributed by atoms with Crippen LogP contribution in [0.25, 0.3) is 22.6 Å². The van der Waals surface area contributed by atoms with Gasteiger partial charge in [0.1, 0.15) is 11.6 Å². The lowest BCUT2D eigenvalue weighted by molar-refractivity contribution is -0.121. The molecule has 31 heavy (non-hydrogen) atoms. The summed E-state index contributed by atoms with van der Waals surface area (Å²) in [5, 5.41) is 4.85. The Kier molecular flexibility index (Phi) is 5.26. The number of hydrogen-bond acceptors (Lipinski definition) is 5. The lowest BCUT2D eigenvalue weighted by atomic mass is 10.0. The van der Waals surface area contributed by atoms with Crippen molar-refractivity contribution in [3.05, 3.63) is 70.9 Å². The number of likely N-dealkylation sites (tertiary alicyclic amines) is 1. The van der Waals surface area contributed by atoms with E-state index in [1.165, 1.54) is 11.3 Å². The Bertz CT molecular complexity index is 1180. The van der Waals surface area contributed by atoms with E-state index in [0.717, 1.165) is 29.5 Å². The minimum atomic E-state index is -0.458. The molecule has 156 valence electrons. The highest BCUT2D eigenvalue weighted by atomic mass is 32.1. The van der Waals surface area contributed by atoms with Crippen LogP contribution in [0.4, 0.5) is 5.69 Å². The summed E-state index contributed by atoms with van der Waals surface area (Å²) in [5.74, 6) is 0.319. The van der Waals surface area contributed by atoms with E-state index in [2.05, 4.69) is 10.3 Å². The number of hydrogen-bond donors (Lipinski definition) is 1. The van der Waals surface area contributed by atoms with E-state index in [1.807, 2.05) is 60.0 Å². The fourth-order valence-electron chi connectivity index (χ4n) is 3.91. The standard InChI is InChI=1S/C24H21N3O3S/c28-22(19-7-3-4-14-27(19)24(29)21-9-5-15-31-21)25-17-12-10-16(11-13-17)23-26-18-6-1-2-8-20(18)30-23/h1-2,5-6,8-13,15,19H,3-4,7,14H2,(H,25,28). The van der Waals surface area contributed by atoms with Crippen molar-refractivity contribution >= 4 is 39.9 Å². The highest BCUT2D eigenvalue weighted by Crippen LogP contribution is 2.26. The predicted molar refractivity (Wildman–Crippen MR) is 121 cm³/mol. The van der Waals surface area contributed by atoms with Gasteiger partial charge in [0.2, 0.25) is 11.8 Å². The van der Waals surface area contributed by atoms with Crippen LogP contribution in [0.15, 0.2) is 70.5 Å². The minimum Gasteiger partial charge on any atom is -0.436 e. The summed E-state index contributed by atoms with van der Waals surface area (Å²) in [6, 6.07) is 18.2. The van der Waals surface area contributed by atoms with Gasteiger partial charge in [-0.3, -0.25) is 9.59 Å². The molecule has 0 saturated carbocycles. The van der Waals surface area contributed by atoms with Gasteiger partial charge in [0.05, 0.1) is 4.88 Å². The van der Waals surface area contributed by atoms with Gasteiger partial charge in [0, 0.05) is 17.8 Å². The van der Waals surface area contributed by atoms with Crippen LogP contribution in [0.5, 0.6) is 0 Å². The summed E-state index contributed by atoms with van der Waals surface area (Å²) in [5.41, 5.74) is 3.06. The monoisotopic (exact) mass is 431 g/mol. The number of piperidine rings is 1. The normalized spacial score (nSPS) is 16.4. The molecule has 4 aromatic rings. The van der Waals surface area contributed by atoms with Gasteiger partial charge < -0.3 is 14.6 Å². The summed E-state index contributed by atoms with van der Waals surface area (Å²) in [7, 11) is 0. The molecule has 1 aliphatic rings. The first kappa shape index (κ1) is 19.5. The molecule has 6 nitrogen and oxygen atoms in total. The summed E-state index contributed by atoms with van der Waals surface area (Å²) >= 11 is 1.41.